The lowest BCUT2D eigenvalue weighted by molar-refractivity contribution is 0.366. The van der Waals surface area contributed by atoms with Crippen LogP contribution in [0.1, 0.15) is 51.3 Å². The van der Waals surface area contributed by atoms with Gasteiger partial charge in [0.05, 0.1) is 0 Å². The van der Waals surface area contributed by atoms with Crippen LogP contribution < -0.4 is 5.32 Å². The van der Waals surface area contributed by atoms with E-state index >= 15 is 0 Å². The molecule has 0 amide bonds. The van der Waals surface area contributed by atoms with Crippen LogP contribution in [0.2, 0.25) is 0 Å². The summed E-state index contributed by atoms with van der Waals surface area (Å²) < 4.78 is 0. The largest absolute Gasteiger partial charge is 0.308 e. The van der Waals surface area contributed by atoms with E-state index in [-0.39, 0.29) is 5.41 Å². The minimum atomic E-state index is 0.172. The number of aromatic nitrogens is 1. The quantitative estimate of drug-likeness (QED) is 0.844. The maximum atomic E-state index is 4.08. The highest BCUT2D eigenvalue weighted by atomic mass is 14.9. The standard InChI is InChI=1S/C19H26N2/c1-15(21-16(2)17-10-12-20-13-11-17)14-19(3,4)18-8-6-5-7-9-18/h5-13,15-16,21H,14H2,1-4H3/t15?,16-/m0/s1. The third-order valence-corrected chi connectivity index (χ3v) is 4.11. The molecule has 1 aromatic carbocycles. The molecule has 0 aliphatic rings. The fourth-order valence-corrected chi connectivity index (χ4v) is 3.01. The number of hydrogen-bond donors (Lipinski definition) is 1. The van der Waals surface area contributed by atoms with Crippen molar-refractivity contribution in [2.24, 2.45) is 0 Å². The molecule has 0 bridgehead atoms. The molecule has 1 heterocycles. The van der Waals surface area contributed by atoms with Crippen molar-refractivity contribution in [3.63, 3.8) is 0 Å². The van der Waals surface area contributed by atoms with E-state index in [1.807, 2.05) is 12.4 Å². The fraction of sp³-hybridized carbons (Fsp3) is 0.421. The minimum absolute atomic E-state index is 0.172. The first-order valence-electron chi connectivity index (χ1n) is 7.70. The zero-order valence-electron chi connectivity index (χ0n) is 13.5. The highest BCUT2D eigenvalue weighted by Crippen LogP contribution is 2.28. The smallest absolute Gasteiger partial charge is 0.0295 e. The summed E-state index contributed by atoms with van der Waals surface area (Å²) in [4.78, 5) is 4.08. The number of nitrogens with one attached hydrogen (secondary N) is 1. The van der Waals surface area contributed by atoms with Crippen molar-refractivity contribution in [1.82, 2.24) is 10.3 Å². The molecule has 0 saturated heterocycles. The highest BCUT2D eigenvalue weighted by molar-refractivity contribution is 5.23. The molecule has 2 nitrogen and oxygen atoms in total. The lowest BCUT2D eigenvalue weighted by Crippen LogP contribution is -2.34. The Balaban J connectivity index is 1.97. The topological polar surface area (TPSA) is 24.9 Å². The molecular weight excluding hydrogens is 256 g/mol. The van der Waals surface area contributed by atoms with E-state index in [2.05, 4.69) is 80.5 Å². The van der Waals surface area contributed by atoms with Gasteiger partial charge in [-0.3, -0.25) is 4.98 Å². The minimum Gasteiger partial charge on any atom is -0.308 e. The van der Waals surface area contributed by atoms with Crippen LogP contribution >= 0.6 is 0 Å². The van der Waals surface area contributed by atoms with Gasteiger partial charge in [-0.15, -0.1) is 0 Å². The van der Waals surface area contributed by atoms with Crippen molar-refractivity contribution in [2.45, 2.75) is 51.6 Å². The molecule has 2 atom stereocenters. The maximum absolute atomic E-state index is 4.08. The van der Waals surface area contributed by atoms with Crippen molar-refractivity contribution in [2.75, 3.05) is 0 Å². The summed E-state index contributed by atoms with van der Waals surface area (Å²) in [6.07, 6.45) is 4.81. The van der Waals surface area contributed by atoms with E-state index in [4.69, 9.17) is 0 Å². The lowest BCUT2D eigenvalue weighted by Gasteiger charge is -2.31. The molecule has 1 unspecified atom stereocenters. The number of rotatable bonds is 6. The van der Waals surface area contributed by atoms with Crippen LogP contribution in [-0.4, -0.2) is 11.0 Å². The first kappa shape index (κ1) is 15.7. The lowest BCUT2D eigenvalue weighted by atomic mass is 9.79. The Morgan fingerprint density at radius 2 is 1.62 bits per heavy atom. The molecule has 21 heavy (non-hydrogen) atoms. The Kier molecular flexibility index (Phi) is 5.13. The van der Waals surface area contributed by atoms with E-state index < -0.39 is 0 Å². The second-order valence-electron chi connectivity index (χ2n) is 6.52. The predicted molar refractivity (Wildman–Crippen MR) is 89.3 cm³/mol. The predicted octanol–water partition coefficient (Wildman–Crippen LogP) is 4.49. The number of hydrogen-bond acceptors (Lipinski definition) is 2. The number of pyridine rings is 1. The summed E-state index contributed by atoms with van der Waals surface area (Å²) in [5.41, 5.74) is 2.86. The molecule has 0 saturated carbocycles. The summed E-state index contributed by atoms with van der Waals surface area (Å²) >= 11 is 0. The molecule has 2 heteroatoms. The van der Waals surface area contributed by atoms with Gasteiger partial charge in [-0.1, -0.05) is 44.2 Å². The zero-order chi connectivity index (χ0) is 15.3. The monoisotopic (exact) mass is 282 g/mol. The van der Waals surface area contributed by atoms with E-state index in [1.54, 1.807) is 0 Å². The summed E-state index contributed by atoms with van der Waals surface area (Å²) in [7, 11) is 0. The molecular formula is C19H26N2. The third-order valence-electron chi connectivity index (χ3n) is 4.11. The highest BCUT2D eigenvalue weighted by Gasteiger charge is 2.23. The van der Waals surface area contributed by atoms with Crippen LogP contribution in [-0.2, 0) is 5.41 Å². The van der Waals surface area contributed by atoms with Crippen molar-refractivity contribution in [3.05, 3.63) is 66.0 Å². The van der Waals surface area contributed by atoms with Crippen molar-refractivity contribution < 1.29 is 0 Å². The molecule has 2 rings (SSSR count). The molecule has 1 N–H and O–H groups in total. The Bertz CT molecular complexity index is 534. The van der Waals surface area contributed by atoms with Gasteiger partial charge in [0.1, 0.15) is 0 Å². The van der Waals surface area contributed by atoms with Gasteiger partial charge in [-0.2, -0.15) is 0 Å². The Morgan fingerprint density at radius 3 is 2.24 bits per heavy atom. The second kappa shape index (κ2) is 6.86. The van der Waals surface area contributed by atoms with Crippen LogP contribution in [0.5, 0.6) is 0 Å². The Labute approximate surface area is 128 Å². The van der Waals surface area contributed by atoms with Gasteiger partial charge in [-0.05, 0) is 48.9 Å². The summed E-state index contributed by atoms with van der Waals surface area (Å²) in [6, 6.07) is 15.7. The summed E-state index contributed by atoms with van der Waals surface area (Å²) in [5, 5.41) is 3.69. The molecule has 2 aromatic rings. The van der Waals surface area contributed by atoms with Gasteiger partial charge in [0, 0.05) is 24.5 Å². The maximum Gasteiger partial charge on any atom is 0.0295 e. The molecule has 112 valence electrons. The van der Waals surface area contributed by atoms with Crippen LogP contribution in [0.15, 0.2) is 54.9 Å². The normalized spacial score (nSPS) is 14.7. The van der Waals surface area contributed by atoms with Crippen molar-refractivity contribution in [1.29, 1.82) is 0 Å². The van der Waals surface area contributed by atoms with Crippen LogP contribution in [0.4, 0.5) is 0 Å². The van der Waals surface area contributed by atoms with E-state index in [0.717, 1.165) is 6.42 Å². The molecule has 0 aliphatic carbocycles. The van der Waals surface area contributed by atoms with Gasteiger partial charge in [-0.25, -0.2) is 0 Å². The average Bonchev–Trinajstić information content (AvgIpc) is 2.48. The molecule has 0 aliphatic heterocycles. The molecule has 0 radical (unpaired) electrons. The third kappa shape index (κ3) is 4.40. The second-order valence-corrected chi connectivity index (χ2v) is 6.52. The Hall–Kier alpha value is -1.67. The number of nitrogens with zero attached hydrogens (tertiary/aromatic N) is 1. The fourth-order valence-electron chi connectivity index (χ4n) is 3.01. The summed E-state index contributed by atoms with van der Waals surface area (Å²) in [6.45, 7) is 9.11. The average molecular weight is 282 g/mol. The van der Waals surface area contributed by atoms with E-state index in [9.17, 15) is 0 Å². The molecule has 0 spiro atoms. The first-order valence-corrected chi connectivity index (χ1v) is 7.70. The molecule has 1 aromatic heterocycles. The van der Waals surface area contributed by atoms with Gasteiger partial charge < -0.3 is 5.32 Å². The zero-order valence-corrected chi connectivity index (χ0v) is 13.5. The van der Waals surface area contributed by atoms with E-state index in [1.165, 1.54) is 11.1 Å². The molecule has 0 fully saturated rings. The van der Waals surface area contributed by atoms with Crippen LogP contribution in [0, 0.1) is 0 Å². The first-order chi connectivity index (χ1) is 9.99. The van der Waals surface area contributed by atoms with Gasteiger partial charge in [0.2, 0.25) is 0 Å². The Morgan fingerprint density at radius 1 is 1.00 bits per heavy atom. The summed E-state index contributed by atoms with van der Waals surface area (Å²) in [5.74, 6) is 0. The van der Waals surface area contributed by atoms with Gasteiger partial charge in [0.15, 0.2) is 0 Å². The van der Waals surface area contributed by atoms with Gasteiger partial charge in [0.25, 0.3) is 0 Å². The SMILES string of the molecule is CC(CC(C)(C)c1ccccc1)N[C@@H](C)c1ccncc1. The van der Waals surface area contributed by atoms with E-state index in [0.29, 0.717) is 12.1 Å². The van der Waals surface area contributed by atoms with Crippen molar-refractivity contribution >= 4 is 0 Å². The van der Waals surface area contributed by atoms with Crippen LogP contribution in [0.25, 0.3) is 0 Å². The van der Waals surface area contributed by atoms with Crippen LogP contribution in [0.3, 0.4) is 0 Å². The number of benzene rings is 1. The van der Waals surface area contributed by atoms with Gasteiger partial charge >= 0.3 is 0 Å². The van der Waals surface area contributed by atoms with Crippen molar-refractivity contribution in [3.8, 4) is 0 Å².